The number of hydrogen-bond acceptors (Lipinski definition) is 2. The lowest BCUT2D eigenvalue weighted by Gasteiger charge is -2.18. The Kier molecular flexibility index (Phi) is 3.32. The van der Waals surface area contributed by atoms with Crippen molar-refractivity contribution in [2.24, 2.45) is 5.92 Å². The zero-order valence-corrected chi connectivity index (χ0v) is 9.70. The Labute approximate surface area is 85.8 Å². The van der Waals surface area contributed by atoms with Crippen LogP contribution in [0.2, 0.25) is 0 Å². The molecule has 1 N–H and O–H groups in total. The maximum absolute atomic E-state index is 9.18. The highest BCUT2D eigenvalue weighted by Gasteiger charge is 2.16. The minimum absolute atomic E-state index is 0.0858. The number of aliphatic hydroxyl groups excluding tert-OH is 1. The maximum atomic E-state index is 9.18. The molecule has 14 heavy (non-hydrogen) atoms. The highest BCUT2D eigenvalue weighted by molar-refractivity contribution is 5.23. The molecule has 0 aliphatic carbocycles. The molecule has 1 aromatic heterocycles. The summed E-state index contributed by atoms with van der Waals surface area (Å²) in [5.74, 6) is 0.555. The lowest BCUT2D eigenvalue weighted by Crippen LogP contribution is -2.14. The highest BCUT2D eigenvalue weighted by Crippen LogP contribution is 2.22. The topological polar surface area (TPSA) is 38.0 Å². The predicted octanol–water partition coefficient (Wildman–Crippen LogP) is 2.21. The molecule has 0 amide bonds. The first-order chi connectivity index (χ1) is 6.49. The van der Waals surface area contributed by atoms with Crippen molar-refractivity contribution in [2.45, 2.75) is 47.3 Å². The molecular formula is C11H20N2O. The van der Waals surface area contributed by atoms with Crippen LogP contribution in [0.15, 0.2) is 0 Å². The zero-order valence-electron chi connectivity index (χ0n) is 9.70. The van der Waals surface area contributed by atoms with E-state index in [1.54, 1.807) is 0 Å². The van der Waals surface area contributed by atoms with Gasteiger partial charge in [-0.2, -0.15) is 5.10 Å². The van der Waals surface area contributed by atoms with Crippen LogP contribution in [0.3, 0.4) is 0 Å². The summed E-state index contributed by atoms with van der Waals surface area (Å²) in [5, 5.41) is 13.6. The molecule has 0 saturated heterocycles. The summed E-state index contributed by atoms with van der Waals surface area (Å²) in [6.45, 7) is 10.6. The quantitative estimate of drug-likeness (QED) is 0.805. The summed E-state index contributed by atoms with van der Waals surface area (Å²) >= 11 is 0. The van der Waals surface area contributed by atoms with E-state index < -0.39 is 0 Å². The summed E-state index contributed by atoms with van der Waals surface area (Å²) in [5.41, 5.74) is 3.00. The molecule has 3 heteroatoms. The van der Waals surface area contributed by atoms with Gasteiger partial charge in [0.05, 0.1) is 18.3 Å². The lowest BCUT2D eigenvalue weighted by molar-refractivity contribution is 0.279. The number of aryl methyl sites for hydroxylation is 1. The summed E-state index contributed by atoms with van der Waals surface area (Å²) < 4.78 is 2.02. The lowest BCUT2D eigenvalue weighted by atomic mass is 10.1. The summed E-state index contributed by atoms with van der Waals surface area (Å²) in [7, 11) is 0. The van der Waals surface area contributed by atoms with Crippen molar-refractivity contribution in [3.05, 3.63) is 17.0 Å². The molecule has 1 atom stereocenters. The molecule has 3 nitrogen and oxygen atoms in total. The predicted molar refractivity (Wildman–Crippen MR) is 57.2 cm³/mol. The normalized spacial score (nSPS) is 13.6. The Balaban J connectivity index is 3.11. The van der Waals surface area contributed by atoms with Gasteiger partial charge in [0.25, 0.3) is 0 Å². The first kappa shape index (κ1) is 11.2. The van der Waals surface area contributed by atoms with Gasteiger partial charge < -0.3 is 5.11 Å². The van der Waals surface area contributed by atoms with Gasteiger partial charge in [0.1, 0.15) is 0 Å². The van der Waals surface area contributed by atoms with Crippen molar-refractivity contribution in [1.29, 1.82) is 0 Å². The van der Waals surface area contributed by atoms with E-state index in [0.717, 1.165) is 17.0 Å². The van der Waals surface area contributed by atoms with E-state index in [-0.39, 0.29) is 6.61 Å². The average molecular weight is 196 g/mol. The van der Waals surface area contributed by atoms with E-state index in [4.69, 9.17) is 0 Å². The molecule has 1 aromatic rings. The van der Waals surface area contributed by atoms with Gasteiger partial charge in [-0.1, -0.05) is 13.8 Å². The average Bonchev–Trinajstić information content (AvgIpc) is 2.40. The van der Waals surface area contributed by atoms with Gasteiger partial charge >= 0.3 is 0 Å². The highest BCUT2D eigenvalue weighted by atomic mass is 16.3. The largest absolute Gasteiger partial charge is 0.392 e. The fourth-order valence-corrected chi connectivity index (χ4v) is 1.60. The third-order valence-electron chi connectivity index (χ3n) is 2.98. The van der Waals surface area contributed by atoms with E-state index in [2.05, 4.69) is 25.9 Å². The Morgan fingerprint density at radius 3 is 2.21 bits per heavy atom. The molecule has 1 heterocycles. The molecule has 0 aliphatic heterocycles. The first-order valence-corrected chi connectivity index (χ1v) is 5.14. The summed E-state index contributed by atoms with van der Waals surface area (Å²) in [6, 6.07) is 0.383. The number of hydrogen-bond donors (Lipinski definition) is 1. The van der Waals surface area contributed by atoms with Crippen molar-refractivity contribution in [3.8, 4) is 0 Å². The fraction of sp³-hybridized carbons (Fsp3) is 0.727. The van der Waals surface area contributed by atoms with Crippen LogP contribution in [-0.2, 0) is 6.61 Å². The third kappa shape index (κ3) is 1.82. The number of rotatable bonds is 3. The monoisotopic (exact) mass is 196 g/mol. The first-order valence-electron chi connectivity index (χ1n) is 5.14. The Hall–Kier alpha value is -0.830. The molecule has 80 valence electrons. The smallest absolute Gasteiger partial charge is 0.0718 e. The molecular weight excluding hydrogens is 176 g/mol. The van der Waals surface area contributed by atoms with Crippen molar-refractivity contribution in [2.75, 3.05) is 0 Å². The number of aliphatic hydroxyl groups is 1. The van der Waals surface area contributed by atoms with Gasteiger partial charge in [0, 0.05) is 11.3 Å². The number of nitrogens with zero attached hydrogens (tertiary/aromatic N) is 2. The summed E-state index contributed by atoms with van der Waals surface area (Å²) in [6.07, 6.45) is 0. The van der Waals surface area contributed by atoms with Gasteiger partial charge in [-0.3, -0.25) is 4.68 Å². The molecule has 0 spiro atoms. The maximum Gasteiger partial charge on any atom is 0.0718 e. The standard InChI is InChI=1S/C11H20N2O/c1-7(2)9(4)13-10(5)11(6-14)8(3)12-13/h7,9,14H,6H2,1-5H3. The number of aromatic nitrogens is 2. The SMILES string of the molecule is Cc1nn(C(C)C(C)C)c(C)c1CO. The van der Waals surface area contributed by atoms with Crippen molar-refractivity contribution < 1.29 is 5.11 Å². The second-order valence-electron chi connectivity index (χ2n) is 4.24. The molecule has 0 radical (unpaired) electrons. The van der Waals surface area contributed by atoms with Gasteiger partial charge in [0.15, 0.2) is 0 Å². The Bertz CT molecular complexity index is 315. The molecule has 0 bridgehead atoms. The van der Waals surface area contributed by atoms with Crippen LogP contribution >= 0.6 is 0 Å². The van der Waals surface area contributed by atoms with E-state index in [1.165, 1.54) is 0 Å². The van der Waals surface area contributed by atoms with Gasteiger partial charge in [-0.25, -0.2) is 0 Å². The Morgan fingerprint density at radius 2 is 1.86 bits per heavy atom. The van der Waals surface area contributed by atoms with E-state index >= 15 is 0 Å². The van der Waals surface area contributed by atoms with Crippen LogP contribution < -0.4 is 0 Å². The third-order valence-corrected chi connectivity index (χ3v) is 2.98. The van der Waals surface area contributed by atoms with Gasteiger partial charge in [-0.05, 0) is 26.7 Å². The molecule has 1 unspecified atom stereocenters. The molecule has 1 rings (SSSR count). The zero-order chi connectivity index (χ0) is 10.9. The van der Waals surface area contributed by atoms with E-state index in [0.29, 0.717) is 12.0 Å². The molecule has 0 saturated carbocycles. The second-order valence-corrected chi connectivity index (χ2v) is 4.24. The second kappa shape index (κ2) is 4.13. The summed E-state index contributed by atoms with van der Waals surface area (Å²) in [4.78, 5) is 0. The van der Waals surface area contributed by atoms with Crippen LogP contribution in [0, 0.1) is 19.8 Å². The minimum atomic E-state index is 0.0858. The van der Waals surface area contributed by atoms with Crippen LogP contribution in [0.25, 0.3) is 0 Å². The van der Waals surface area contributed by atoms with Crippen LogP contribution in [0.5, 0.6) is 0 Å². The van der Waals surface area contributed by atoms with Gasteiger partial charge in [-0.15, -0.1) is 0 Å². The van der Waals surface area contributed by atoms with Crippen LogP contribution in [-0.4, -0.2) is 14.9 Å². The van der Waals surface area contributed by atoms with Crippen LogP contribution in [0.4, 0.5) is 0 Å². The van der Waals surface area contributed by atoms with Crippen molar-refractivity contribution in [3.63, 3.8) is 0 Å². The molecule has 0 fully saturated rings. The van der Waals surface area contributed by atoms with E-state index in [9.17, 15) is 5.11 Å². The molecule has 0 aliphatic rings. The van der Waals surface area contributed by atoms with Crippen LogP contribution in [0.1, 0.15) is 43.8 Å². The van der Waals surface area contributed by atoms with Crippen molar-refractivity contribution in [1.82, 2.24) is 9.78 Å². The van der Waals surface area contributed by atoms with Gasteiger partial charge in [0.2, 0.25) is 0 Å². The van der Waals surface area contributed by atoms with E-state index in [1.807, 2.05) is 18.5 Å². The fourth-order valence-electron chi connectivity index (χ4n) is 1.60. The minimum Gasteiger partial charge on any atom is -0.392 e. The Morgan fingerprint density at radius 1 is 1.29 bits per heavy atom. The van der Waals surface area contributed by atoms with Crippen molar-refractivity contribution >= 4 is 0 Å². The molecule has 0 aromatic carbocycles.